The first-order chi connectivity index (χ1) is 11.3. The number of carbonyl (C=O) groups is 1. The van der Waals surface area contributed by atoms with Crippen LogP contribution in [0, 0.1) is 5.92 Å². The Morgan fingerprint density at radius 2 is 1.74 bits per heavy atom. The highest BCUT2D eigenvalue weighted by Crippen LogP contribution is 2.24. The number of nitrogens with one attached hydrogen (secondary N) is 3. The summed E-state index contributed by atoms with van der Waals surface area (Å²) in [6.07, 6.45) is 1.95. The Hall–Kier alpha value is -2.17. The maximum absolute atomic E-state index is 12.4. The number of amides is 1. The van der Waals surface area contributed by atoms with Crippen LogP contribution in [0.4, 0.5) is 0 Å². The van der Waals surface area contributed by atoms with Gasteiger partial charge >= 0.3 is 0 Å². The van der Waals surface area contributed by atoms with E-state index in [0.717, 1.165) is 18.4 Å². The van der Waals surface area contributed by atoms with Crippen molar-refractivity contribution in [3.05, 3.63) is 71.8 Å². The molecule has 1 saturated heterocycles. The molecule has 1 amide bonds. The van der Waals surface area contributed by atoms with Gasteiger partial charge in [-0.25, -0.2) is 5.43 Å². The van der Waals surface area contributed by atoms with Crippen molar-refractivity contribution in [1.82, 2.24) is 16.2 Å². The molecule has 0 radical (unpaired) electrons. The van der Waals surface area contributed by atoms with E-state index >= 15 is 0 Å². The summed E-state index contributed by atoms with van der Waals surface area (Å²) in [5.74, 6) is 0.0403. The lowest BCUT2D eigenvalue weighted by Gasteiger charge is -2.18. The SMILES string of the molecule is O=C(NCCCc1ccccc1)C1CNNC1c1ccccc1. The summed E-state index contributed by atoms with van der Waals surface area (Å²) >= 11 is 0. The van der Waals surface area contributed by atoms with Crippen LogP contribution >= 0.6 is 0 Å². The predicted octanol–water partition coefficient (Wildman–Crippen LogP) is 2.20. The second kappa shape index (κ2) is 7.90. The molecule has 4 heteroatoms. The second-order valence-corrected chi connectivity index (χ2v) is 5.90. The van der Waals surface area contributed by atoms with Crippen LogP contribution in [0.25, 0.3) is 0 Å². The van der Waals surface area contributed by atoms with Gasteiger partial charge < -0.3 is 5.32 Å². The molecule has 1 aliphatic rings. The normalized spacial score (nSPS) is 20.3. The van der Waals surface area contributed by atoms with Gasteiger partial charge in [0.25, 0.3) is 0 Å². The Labute approximate surface area is 137 Å². The molecule has 120 valence electrons. The molecule has 1 fully saturated rings. The molecule has 1 aliphatic heterocycles. The Kier molecular flexibility index (Phi) is 5.40. The van der Waals surface area contributed by atoms with Crippen LogP contribution in [0.15, 0.2) is 60.7 Å². The van der Waals surface area contributed by atoms with Gasteiger partial charge in [0.15, 0.2) is 0 Å². The zero-order valence-electron chi connectivity index (χ0n) is 13.2. The minimum atomic E-state index is -0.0749. The third-order valence-electron chi connectivity index (χ3n) is 4.26. The van der Waals surface area contributed by atoms with Gasteiger partial charge in [-0.15, -0.1) is 0 Å². The molecule has 0 bridgehead atoms. The average Bonchev–Trinajstić information content (AvgIpc) is 3.10. The van der Waals surface area contributed by atoms with Crippen molar-refractivity contribution < 1.29 is 4.79 Å². The largest absolute Gasteiger partial charge is 0.356 e. The number of carbonyl (C=O) groups excluding carboxylic acids is 1. The highest BCUT2D eigenvalue weighted by Gasteiger charge is 2.33. The van der Waals surface area contributed by atoms with Crippen molar-refractivity contribution in [1.29, 1.82) is 0 Å². The lowest BCUT2D eigenvalue weighted by Crippen LogP contribution is -2.35. The van der Waals surface area contributed by atoms with Gasteiger partial charge in [0.2, 0.25) is 5.91 Å². The number of hydrogen-bond acceptors (Lipinski definition) is 3. The van der Waals surface area contributed by atoms with E-state index in [1.165, 1.54) is 5.56 Å². The van der Waals surface area contributed by atoms with E-state index in [0.29, 0.717) is 13.1 Å². The predicted molar refractivity (Wildman–Crippen MR) is 91.6 cm³/mol. The number of benzene rings is 2. The van der Waals surface area contributed by atoms with Gasteiger partial charge in [-0.2, -0.15) is 0 Å². The highest BCUT2D eigenvalue weighted by molar-refractivity contribution is 5.80. The molecule has 2 aromatic carbocycles. The highest BCUT2D eigenvalue weighted by atomic mass is 16.2. The molecule has 2 atom stereocenters. The summed E-state index contributed by atoms with van der Waals surface area (Å²) < 4.78 is 0. The Balaban J connectivity index is 1.48. The smallest absolute Gasteiger partial charge is 0.226 e. The van der Waals surface area contributed by atoms with Gasteiger partial charge in [0.1, 0.15) is 0 Å². The lowest BCUT2D eigenvalue weighted by atomic mass is 9.94. The number of hydrogen-bond donors (Lipinski definition) is 3. The standard InChI is InChI=1S/C19H23N3O/c23-19(20-13-7-10-15-8-3-1-4-9-15)17-14-21-22-18(17)16-11-5-2-6-12-16/h1-6,8-9,11-12,17-18,21-22H,7,10,13-14H2,(H,20,23). The van der Waals surface area contributed by atoms with E-state index in [-0.39, 0.29) is 17.9 Å². The third kappa shape index (κ3) is 4.18. The average molecular weight is 309 g/mol. The molecule has 2 aromatic rings. The fourth-order valence-electron chi connectivity index (χ4n) is 3.00. The zero-order valence-corrected chi connectivity index (χ0v) is 13.2. The van der Waals surface area contributed by atoms with E-state index in [4.69, 9.17) is 0 Å². The van der Waals surface area contributed by atoms with Crippen molar-refractivity contribution >= 4 is 5.91 Å². The first kappa shape index (κ1) is 15.7. The number of aryl methyl sites for hydroxylation is 1. The molecule has 23 heavy (non-hydrogen) atoms. The zero-order chi connectivity index (χ0) is 15.9. The topological polar surface area (TPSA) is 53.2 Å². The quantitative estimate of drug-likeness (QED) is 0.717. The molecule has 2 unspecified atom stereocenters. The molecule has 1 heterocycles. The molecule has 0 saturated carbocycles. The molecule has 3 N–H and O–H groups in total. The van der Waals surface area contributed by atoms with Gasteiger partial charge in [-0.05, 0) is 24.0 Å². The van der Waals surface area contributed by atoms with Crippen molar-refractivity contribution in [3.63, 3.8) is 0 Å². The second-order valence-electron chi connectivity index (χ2n) is 5.90. The van der Waals surface area contributed by atoms with Crippen LogP contribution in [-0.4, -0.2) is 19.0 Å². The molecule has 0 spiro atoms. The molecule has 0 aromatic heterocycles. The van der Waals surface area contributed by atoms with Gasteiger partial charge in [0, 0.05) is 13.1 Å². The Bertz CT molecular complexity index is 615. The summed E-state index contributed by atoms with van der Waals surface area (Å²) in [4.78, 5) is 12.4. The maximum Gasteiger partial charge on any atom is 0.226 e. The van der Waals surface area contributed by atoms with Crippen LogP contribution in [0.2, 0.25) is 0 Å². The fraction of sp³-hybridized carbons (Fsp3) is 0.316. The van der Waals surface area contributed by atoms with Gasteiger partial charge in [-0.3, -0.25) is 10.2 Å². The summed E-state index contributed by atoms with van der Waals surface area (Å²) in [5, 5.41) is 3.08. The number of hydrazine groups is 1. The molecular weight excluding hydrogens is 286 g/mol. The Morgan fingerprint density at radius 3 is 2.48 bits per heavy atom. The van der Waals surface area contributed by atoms with E-state index in [9.17, 15) is 4.79 Å². The van der Waals surface area contributed by atoms with Gasteiger partial charge in [0.05, 0.1) is 12.0 Å². The minimum absolute atomic E-state index is 0.0327. The van der Waals surface area contributed by atoms with Crippen molar-refractivity contribution in [2.75, 3.05) is 13.1 Å². The fourth-order valence-corrected chi connectivity index (χ4v) is 3.00. The summed E-state index contributed by atoms with van der Waals surface area (Å²) in [5.41, 5.74) is 8.77. The van der Waals surface area contributed by atoms with E-state index in [1.54, 1.807) is 0 Å². The third-order valence-corrected chi connectivity index (χ3v) is 4.26. The molecule has 4 nitrogen and oxygen atoms in total. The van der Waals surface area contributed by atoms with Crippen LogP contribution < -0.4 is 16.2 Å². The monoisotopic (exact) mass is 309 g/mol. The first-order valence-electron chi connectivity index (χ1n) is 8.19. The summed E-state index contributed by atoms with van der Waals surface area (Å²) in [7, 11) is 0. The van der Waals surface area contributed by atoms with Crippen molar-refractivity contribution in [2.24, 2.45) is 5.92 Å². The van der Waals surface area contributed by atoms with Crippen molar-refractivity contribution in [3.8, 4) is 0 Å². The van der Waals surface area contributed by atoms with E-state index in [1.807, 2.05) is 36.4 Å². The van der Waals surface area contributed by atoms with Crippen LogP contribution in [-0.2, 0) is 11.2 Å². The van der Waals surface area contributed by atoms with E-state index < -0.39 is 0 Å². The molecule has 0 aliphatic carbocycles. The van der Waals surface area contributed by atoms with Crippen LogP contribution in [0.5, 0.6) is 0 Å². The summed E-state index contributed by atoms with van der Waals surface area (Å²) in [6.45, 7) is 1.37. The lowest BCUT2D eigenvalue weighted by molar-refractivity contribution is -0.124. The van der Waals surface area contributed by atoms with Crippen molar-refractivity contribution in [2.45, 2.75) is 18.9 Å². The summed E-state index contributed by atoms with van der Waals surface area (Å²) in [6, 6.07) is 20.5. The molecule has 3 rings (SSSR count). The molecular formula is C19H23N3O. The van der Waals surface area contributed by atoms with Gasteiger partial charge in [-0.1, -0.05) is 60.7 Å². The first-order valence-corrected chi connectivity index (χ1v) is 8.19. The Morgan fingerprint density at radius 1 is 1.04 bits per heavy atom. The minimum Gasteiger partial charge on any atom is -0.356 e. The number of rotatable bonds is 6. The maximum atomic E-state index is 12.4. The van der Waals surface area contributed by atoms with Crippen LogP contribution in [0.3, 0.4) is 0 Å². The van der Waals surface area contributed by atoms with Crippen LogP contribution in [0.1, 0.15) is 23.6 Å². The van der Waals surface area contributed by atoms with E-state index in [2.05, 4.69) is 40.4 Å².